The van der Waals surface area contributed by atoms with E-state index in [1.165, 1.54) is 0 Å². The fourth-order valence-corrected chi connectivity index (χ4v) is 1.28. The highest BCUT2D eigenvalue weighted by Crippen LogP contribution is 2.16. The lowest BCUT2D eigenvalue weighted by molar-refractivity contribution is 0.0413. The van der Waals surface area contributed by atoms with Crippen molar-refractivity contribution >= 4 is 0 Å². The molecule has 0 saturated carbocycles. The molecule has 2 nitrogen and oxygen atoms in total. The quantitative estimate of drug-likeness (QED) is 0.619. The Hall–Kier alpha value is -0.0800. The molecule has 0 rings (SSSR count). The molecule has 2 heteroatoms. The molecule has 0 aliphatic rings. The minimum atomic E-state index is -0.508. The number of aliphatic hydroxyl groups excluding tert-OH is 2. The van der Waals surface area contributed by atoms with Crippen LogP contribution in [0.5, 0.6) is 0 Å². The molecule has 2 unspecified atom stereocenters. The van der Waals surface area contributed by atoms with E-state index in [9.17, 15) is 5.11 Å². The summed E-state index contributed by atoms with van der Waals surface area (Å²) >= 11 is 0. The van der Waals surface area contributed by atoms with Gasteiger partial charge in [0.1, 0.15) is 0 Å². The maximum atomic E-state index is 9.29. The third kappa shape index (κ3) is 4.38. The number of hydrogen-bond donors (Lipinski definition) is 2. The summed E-state index contributed by atoms with van der Waals surface area (Å²) in [6, 6.07) is 0. The van der Waals surface area contributed by atoms with Gasteiger partial charge in [0.05, 0.1) is 12.7 Å². The molecule has 0 aliphatic carbocycles. The van der Waals surface area contributed by atoms with Crippen molar-refractivity contribution in [2.45, 2.75) is 45.6 Å². The summed E-state index contributed by atoms with van der Waals surface area (Å²) in [6.07, 6.45) is 3.80. The highest BCUT2D eigenvalue weighted by Gasteiger charge is 2.14. The van der Waals surface area contributed by atoms with Gasteiger partial charge >= 0.3 is 0 Å². The maximum absolute atomic E-state index is 9.29. The molecule has 11 heavy (non-hydrogen) atoms. The summed E-state index contributed by atoms with van der Waals surface area (Å²) in [5.74, 6) is 0.292. The summed E-state index contributed by atoms with van der Waals surface area (Å²) in [7, 11) is 0. The zero-order valence-corrected chi connectivity index (χ0v) is 7.58. The molecule has 0 radical (unpaired) electrons. The molecule has 0 saturated heterocycles. The molecule has 68 valence electrons. The van der Waals surface area contributed by atoms with Crippen LogP contribution in [0.3, 0.4) is 0 Å². The van der Waals surface area contributed by atoms with Crippen LogP contribution in [-0.4, -0.2) is 22.9 Å². The summed E-state index contributed by atoms with van der Waals surface area (Å²) in [4.78, 5) is 0. The number of aliphatic hydroxyl groups is 2. The van der Waals surface area contributed by atoms with E-state index in [1.807, 2.05) is 0 Å². The Labute approximate surface area is 69.2 Å². The van der Waals surface area contributed by atoms with Gasteiger partial charge in [-0.15, -0.1) is 0 Å². The Balaban J connectivity index is 3.56. The molecule has 2 N–H and O–H groups in total. The molecule has 0 aromatic rings. The van der Waals surface area contributed by atoms with E-state index in [0.29, 0.717) is 5.92 Å². The van der Waals surface area contributed by atoms with Gasteiger partial charge < -0.3 is 10.2 Å². The predicted molar refractivity (Wildman–Crippen MR) is 46.4 cm³/mol. The third-order valence-corrected chi connectivity index (χ3v) is 2.18. The second-order valence-electron chi connectivity index (χ2n) is 3.06. The normalized spacial score (nSPS) is 16.4. The molecule has 0 amide bonds. The van der Waals surface area contributed by atoms with E-state index < -0.39 is 6.10 Å². The topological polar surface area (TPSA) is 40.5 Å². The lowest BCUT2D eigenvalue weighted by Crippen LogP contribution is -2.23. The van der Waals surface area contributed by atoms with Gasteiger partial charge in [-0.2, -0.15) is 0 Å². The van der Waals surface area contributed by atoms with Crippen molar-refractivity contribution in [3.05, 3.63) is 0 Å². The van der Waals surface area contributed by atoms with Gasteiger partial charge in [0, 0.05) is 0 Å². The Kier molecular flexibility index (Phi) is 6.57. The number of rotatable bonds is 6. The minimum Gasteiger partial charge on any atom is -0.394 e. The Bertz CT molecular complexity index is 83.6. The molecule has 2 atom stereocenters. The fraction of sp³-hybridized carbons (Fsp3) is 1.00. The summed E-state index contributed by atoms with van der Waals surface area (Å²) in [5.41, 5.74) is 0. The molecule has 0 fully saturated rings. The van der Waals surface area contributed by atoms with Crippen molar-refractivity contribution in [2.24, 2.45) is 5.92 Å². The van der Waals surface area contributed by atoms with Crippen molar-refractivity contribution in [3.8, 4) is 0 Å². The van der Waals surface area contributed by atoms with Crippen LogP contribution in [0.15, 0.2) is 0 Å². The van der Waals surface area contributed by atoms with Crippen LogP contribution in [0.2, 0.25) is 0 Å². The number of hydrogen-bond acceptors (Lipinski definition) is 2. The van der Waals surface area contributed by atoms with E-state index in [0.717, 1.165) is 25.7 Å². The largest absolute Gasteiger partial charge is 0.394 e. The fourth-order valence-electron chi connectivity index (χ4n) is 1.28. The van der Waals surface area contributed by atoms with Gasteiger partial charge in [0.15, 0.2) is 0 Å². The average Bonchev–Trinajstić information content (AvgIpc) is 2.05. The first-order valence-corrected chi connectivity index (χ1v) is 4.55. The van der Waals surface area contributed by atoms with E-state index in [-0.39, 0.29) is 6.61 Å². The predicted octanol–water partition coefficient (Wildman–Crippen LogP) is 1.56. The molecular formula is C9H20O2. The van der Waals surface area contributed by atoms with Crippen LogP contribution in [0, 0.1) is 5.92 Å². The van der Waals surface area contributed by atoms with Gasteiger partial charge in [0.25, 0.3) is 0 Å². The monoisotopic (exact) mass is 160 g/mol. The van der Waals surface area contributed by atoms with E-state index in [4.69, 9.17) is 5.11 Å². The molecule has 0 spiro atoms. The Morgan fingerprint density at radius 1 is 1.27 bits per heavy atom. The maximum Gasteiger partial charge on any atom is 0.0798 e. The van der Waals surface area contributed by atoms with E-state index in [1.54, 1.807) is 0 Å². The summed E-state index contributed by atoms with van der Waals surface area (Å²) in [6.45, 7) is 4.10. The standard InChI is InChI=1S/C9H20O2/c1-3-5-6-8(4-2)9(11)7-10/h8-11H,3-7H2,1-2H3. The Morgan fingerprint density at radius 2 is 1.91 bits per heavy atom. The van der Waals surface area contributed by atoms with Gasteiger partial charge in [-0.05, 0) is 12.3 Å². The average molecular weight is 160 g/mol. The van der Waals surface area contributed by atoms with Crippen LogP contribution in [0.1, 0.15) is 39.5 Å². The Morgan fingerprint density at radius 3 is 2.27 bits per heavy atom. The van der Waals surface area contributed by atoms with Crippen molar-refractivity contribution in [1.29, 1.82) is 0 Å². The van der Waals surface area contributed by atoms with Crippen LogP contribution < -0.4 is 0 Å². The zero-order chi connectivity index (χ0) is 8.69. The SMILES string of the molecule is CCCCC(CC)C(O)CO. The zero-order valence-electron chi connectivity index (χ0n) is 7.58. The highest BCUT2D eigenvalue weighted by atomic mass is 16.3. The van der Waals surface area contributed by atoms with Crippen molar-refractivity contribution in [2.75, 3.05) is 6.61 Å². The first kappa shape index (κ1) is 10.9. The van der Waals surface area contributed by atoms with Gasteiger partial charge in [-0.25, -0.2) is 0 Å². The molecular weight excluding hydrogens is 140 g/mol. The van der Waals surface area contributed by atoms with Crippen molar-refractivity contribution < 1.29 is 10.2 Å². The van der Waals surface area contributed by atoms with Crippen LogP contribution in [-0.2, 0) is 0 Å². The van der Waals surface area contributed by atoms with Gasteiger partial charge in [-0.3, -0.25) is 0 Å². The van der Waals surface area contributed by atoms with Crippen LogP contribution >= 0.6 is 0 Å². The van der Waals surface area contributed by atoms with Crippen LogP contribution in [0.25, 0.3) is 0 Å². The highest BCUT2D eigenvalue weighted by molar-refractivity contribution is 4.65. The second kappa shape index (κ2) is 6.62. The lowest BCUT2D eigenvalue weighted by Gasteiger charge is -2.18. The van der Waals surface area contributed by atoms with E-state index >= 15 is 0 Å². The van der Waals surface area contributed by atoms with Crippen molar-refractivity contribution in [1.82, 2.24) is 0 Å². The smallest absolute Gasteiger partial charge is 0.0798 e. The first-order valence-electron chi connectivity index (χ1n) is 4.55. The van der Waals surface area contributed by atoms with Gasteiger partial charge in [0.2, 0.25) is 0 Å². The molecule has 0 aromatic heterocycles. The summed E-state index contributed by atoms with van der Waals surface area (Å²) in [5, 5.41) is 18.0. The first-order chi connectivity index (χ1) is 5.26. The van der Waals surface area contributed by atoms with E-state index in [2.05, 4.69) is 13.8 Å². The molecule has 0 aromatic carbocycles. The minimum absolute atomic E-state index is 0.0950. The molecule has 0 aliphatic heterocycles. The summed E-state index contributed by atoms with van der Waals surface area (Å²) < 4.78 is 0. The van der Waals surface area contributed by atoms with Gasteiger partial charge in [-0.1, -0.05) is 33.1 Å². The molecule has 0 heterocycles. The number of unbranched alkanes of at least 4 members (excludes halogenated alkanes) is 1. The molecule has 0 bridgehead atoms. The second-order valence-corrected chi connectivity index (χ2v) is 3.06. The lowest BCUT2D eigenvalue weighted by atomic mass is 9.94. The van der Waals surface area contributed by atoms with Crippen molar-refractivity contribution in [3.63, 3.8) is 0 Å². The third-order valence-electron chi connectivity index (χ3n) is 2.18. The van der Waals surface area contributed by atoms with Crippen LogP contribution in [0.4, 0.5) is 0 Å².